The zero-order chi connectivity index (χ0) is 13.6. The van der Waals surface area contributed by atoms with Gasteiger partial charge in [-0.3, -0.25) is 0 Å². The van der Waals surface area contributed by atoms with E-state index in [0.717, 1.165) is 31.5 Å². The highest BCUT2D eigenvalue weighted by molar-refractivity contribution is 4.75. The van der Waals surface area contributed by atoms with Crippen LogP contribution in [0, 0.1) is 17.3 Å². The van der Waals surface area contributed by atoms with Crippen LogP contribution in [0.4, 0.5) is 0 Å². The normalized spacial score (nSPS) is 29.5. The van der Waals surface area contributed by atoms with Crippen molar-refractivity contribution in [2.45, 2.75) is 66.4 Å². The first-order chi connectivity index (χ1) is 8.37. The molecule has 18 heavy (non-hydrogen) atoms. The van der Waals surface area contributed by atoms with Crippen LogP contribution in [-0.4, -0.2) is 25.8 Å². The highest BCUT2D eigenvalue weighted by Crippen LogP contribution is 2.30. The topological polar surface area (TPSA) is 21.3 Å². The number of ether oxygens (including phenoxy) is 1. The van der Waals surface area contributed by atoms with Gasteiger partial charge in [-0.05, 0) is 49.5 Å². The summed E-state index contributed by atoms with van der Waals surface area (Å²) in [6, 6.07) is 0. The molecule has 1 fully saturated rings. The number of hydrogen-bond acceptors (Lipinski definition) is 2. The van der Waals surface area contributed by atoms with Crippen molar-refractivity contribution >= 4 is 0 Å². The van der Waals surface area contributed by atoms with Crippen molar-refractivity contribution < 1.29 is 4.74 Å². The van der Waals surface area contributed by atoms with E-state index in [1.807, 2.05) is 0 Å². The van der Waals surface area contributed by atoms with E-state index in [1.165, 1.54) is 25.7 Å². The lowest BCUT2D eigenvalue weighted by Crippen LogP contribution is -2.30. The average molecular weight is 255 g/mol. The smallest absolute Gasteiger partial charge is 0.0594 e. The van der Waals surface area contributed by atoms with Crippen LogP contribution >= 0.6 is 0 Å². The molecule has 1 saturated carbocycles. The maximum Gasteiger partial charge on any atom is 0.0594 e. The van der Waals surface area contributed by atoms with Gasteiger partial charge < -0.3 is 10.1 Å². The van der Waals surface area contributed by atoms with Crippen LogP contribution in [0.2, 0.25) is 0 Å². The van der Waals surface area contributed by atoms with Crippen LogP contribution in [0.5, 0.6) is 0 Å². The molecule has 0 aromatic rings. The fourth-order valence-corrected chi connectivity index (χ4v) is 2.90. The molecule has 0 saturated heterocycles. The van der Waals surface area contributed by atoms with Crippen LogP contribution in [0.3, 0.4) is 0 Å². The highest BCUT2D eigenvalue weighted by Gasteiger charge is 2.24. The molecule has 0 spiro atoms. The van der Waals surface area contributed by atoms with E-state index in [-0.39, 0.29) is 0 Å². The van der Waals surface area contributed by atoms with E-state index in [2.05, 4.69) is 39.9 Å². The molecular formula is C16H33NO. The summed E-state index contributed by atoms with van der Waals surface area (Å²) in [4.78, 5) is 0. The summed E-state index contributed by atoms with van der Waals surface area (Å²) in [6.45, 7) is 14.5. The van der Waals surface area contributed by atoms with Gasteiger partial charge in [0.05, 0.1) is 12.7 Å². The zero-order valence-corrected chi connectivity index (χ0v) is 13.1. The van der Waals surface area contributed by atoms with E-state index < -0.39 is 0 Å². The minimum absolute atomic E-state index is 0.433. The number of nitrogens with one attached hydrogen (secondary N) is 1. The molecule has 0 aromatic heterocycles. The Morgan fingerprint density at radius 1 is 1.00 bits per heavy atom. The average Bonchev–Trinajstić information content (AvgIpc) is 2.20. The van der Waals surface area contributed by atoms with E-state index >= 15 is 0 Å². The molecule has 1 rings (SSSR count). The Kier molecular flexibility index (Phi) is 6.65. The molecule has 0 aromatic carbocycles. The first-order valence-corrected chi connectivity index (χ1v) is 7.69. The van der Waals surface area contributed by atoms with Gasteiger partial charge in [0.25, 0.3) is 0 Å². The standard InChI is InChI=1S/C16H33NO/c1-13-10-14(2)12-15(11-13)18-9-8-17-7-6-16(3,4)5/h13-15,17H,6-12H2,1-5H3. The van der Waals surface area contributed by atoms with Crippen LogP contribution in [0.1, 0.15) is 60.3 Å². The fourth-order valence-electron chi connectivity index (χ4n) is 2.90. The Balaban J connectivity index is 2.01. The lowest BCUT2D eigenvalue weighted by Gasteiger charge is -2.31. The van der Waals surface area contributed by atoms with E-state index in [1.54, 1.807) is 0 Å². The Bertz CT molecular complexity index is 212. The molecule has 1 aliphatic carbocycles. The van der Waals surface area contributed by atoms with Crippen LogP contribution in [0.15, 0.2) is 0 Å². The van der Waals surface area contributed by atoms with Crippen molar-refractivity contribution in [2.24, 2.45) is 17.3 Å². The highest BCUT2D eigenvalue weighted by atomic mass is 16.5. The summed E-state index contributed by atoms with van der Waals surface area (Å²) in [7, 11) is 0. The third-order valence-corrected chi connectivity index (χ3v) is 3.82. The van der Waals surface area contributed by atoms with Gasteiger partial charge in [-0.2, -0.15) is 0 Å². The Morgan fingerprint density at radius 2 is 1.61 bits per heavy atom. The van der Waals surface area contributed by atoms with Crippen LogP contribution in [0.25, 0.3) is 0 Å². The molecule has 1 aliphatic rings. The Hall–Kier alpha value is -0.0800. The van der Waals surface area contributed by atoms with Crippen molar-refractivity contribution in [2.75, 3.05) is 19.7 Å². The summed E-state index contributed by atoms with van der Waals surface area (Å²) in [5.41, 5.74) is 0.433. The van der Waals surface area contributed by atoms with Crippen molar-refractivity contribution in [1.82, 2.24) is 5.32 Å². The molecule has 108 valence electrons. The first-order valence-electron chi connectivity index (χ1n) is 7.69. The largest absolute Gasteiger partial charge is 0.377 e. The lowest BCUT2D eigenvalue weighted by molar-refractivity contribution is 0.00261. The van der Waals surface area contributed by atoms with Gasteiger partial charge in [-0.25, -0.2) is 0 Å². The monoisotopic (exact) mass is 255 g/mol. The molecule has 0 radical (unpaired) electrons. The second kappa shape index (κ2) is 7.49. The Labute approximate surface area is 114 Å². The summed E-state index contributed by atoms with van der Waals surface area (Å²) in [6.07, 6.45) is 5.63. The number of hydrogen-bond donors (Lipinski definition) is 1. The van der Waals surface area contributed by atoms with Crippen molar-refractivity contribution in [1.29, 1.82) is 0 Å². The molecule has 2 atom stereocenters. The molecule has 0 aliphatic heterocycles. The molecular weight excluding hydrogens is 222 g/mol. The first kappa shape index (κ1) is 16.0. The minimum Gasteiger partial charge on any atom is -0.377 e. The molecule has 0 heterocycles. The molecule has 1 N–H and O–H groups in total. The summed E-state index contributed by atoms with van der Waals surface area (Å²) in [5.74, 6) is 1.68. The molecule has 2 nitrogen and oxygen atoms in total. The molecule has 0 amide bonds. The molecule has 2 heteroatoms. The van der Waals surface area contributed by atoms with Crippen molar-refractivity contribution in [3.05, 3.63) is 0 Å². The second-order valence-electron chi connectivity index (χ2n) is 7.47. The second-order valence-corrected chi connectivity index (χ2v) is 7.47. The van der Waals surface area contributed by atoms with Gasteiger partial charge >= 0.3 is 0 Å². The van der Waals surface area contributed by atoms with Crippen molar-refractivity contribution in [3.8, 4) is 0 Å². The molecule has 0 bridgehead atoms. The predicted octanol–water partition coefficient (Wildman–Crippen LogP) is 3.85. The van der Waals surface area contributed by atoms with Gasteiger partial charge in [-0.1, -0.05) is 34.6 Å². The summed E-state index contributed by atoms with van der Waals surface area (Å²) in [5, 5.41) is 3.48. The Morgan fingerprint density at radius 3 is 2.17 bits per heavy atom. The van der Waals surface area contributed by atoms with Crippen molar-refractivity contribution in [3.63, 3.8) is 0 Å². The maximum absolute atomic E-state index is 5.99. The predicted molar refractivity (Wildman–Crippen MR) is 78.9 cm³/mol. The zero-order valence-electron chi connectivity index (χ0n) is 13.1. The quantitative estimate of drug-likeness (QED) is 0.728. The van der Waals surface area contributed by atoms with E-state index in [0.29, 0.717) is 11.5 Å². The van der Waals surface area contributed by atoms with Crippen LogP contribution < -0.4 is 5.32 Å². The maximum atomic E-state index is 5.99. The van der Waals surface area contributed by atoms with E-state index in [9.17, 15) is 0 Å². The van der Waals surface area contributed by atoms with Gasteiger partial charge in [0.2, 0.25) is 0 Å². The van der Waals surface area contributed by atoms with Gasteiger partial charge in [0.15, 0.2) is 0 Å². The summed E-state index contributed by atoms with van der Waals surface area (Å²) >= 11 is 0. The number of rotatable bonds is 6. The fraction of sp³-hybridized carbons (Fsp3) is 1.00. The lowest BCUT2D eigenvalue weighted by atomic mass is 9.82. The van der Waals surface area contributed by atoms with E-state index in [4.69, 9.17) is 4.74 Å². The van der Waals surface area contributed by atoms with Gasteiger partial charge in [-0.15, -0.1) is 0 Å². The van der Waals surface area contributed by atoms with Gasteiger partial charge in [0.1, 0.15) is 0 Å². The van der Waals surface area contributed by atoms with Crippen LogP contribution in [-0.2, 0) is 4.74 Å². The third-order valence-electron chi connectivity index (χ3n) is 3.82. The molecule has 2 unspecified atom stereocenters. The minimum atomic E-state index is 0.433. The van der Waals surface area contributed by atoms with Gasteiger partial charge in [0, 0.05) is 6.54 Å². The SMILES string of the molecule is CC1CC(C)CC(OCCNCCC(C)(C)C)C1. The third kappa shape index (κ3) is 7.38. The summed E-state index contributed by atoms with van der Waals surface area (Å²) < 4.78 is 5.99.